The molecule has 0 spiro atoms. The number of sulfonamides is 1. The maximum atomic E-state index is 12.4. The van der Waals surface area contributed by atoms with Crippen LogP contribution in [0.4, 0.5) is 11.4 Å². The van der Waals surface area contributed by atoms with Gasteiger partial charge in [0.2, 0.25) is 0 Å². The lowest BCUT2D eigenvalue weighted by molar-refractivity contribution is 0.340. The number of nitrogen functional groups attached to an aromatic ring is 1. The van der Waals surface area contributed by atoms with E-state index in [1.807, 2.05) is 6.92 Å². The van der Waals surface area contributed by atoms with E-state index in [0.29, 0.717) is 29.3 Å². The summed E-state index contributed by atoms with van der Waals surface area (Å²) in [6.45, 7) is 4.07. The summed E-state index contributed by atoms with van der Waals surface area (Å²) in [5.74, 6) is 0.613. The van der Waals surface area contributed by atoms with Crippen molar-refractivity contribution in [2.24, 2.45) is 0 Å². The monoisotopic (exact) mass is 306 g/mol. The van der Waals surface area contributed by atoms with Crippen LogP contribution < -0.4 is 15.2 Å². The van der Waals surface area contributed by atoms with Crippen LogP contribution in [0, 0.1) is 6.92 Å². The first kappa shape index (κ1) is 15.2. The number of anilines is 2. The van der Waals surface area contributed by atoms with Gasteiger partial charge in [-0.15, -0.1) is 0 Å². The number of benzene rings is 2. The van der Waals surface area contributed by atoms with E-state index in [4.69, 9.17) is 10.5 Å². The lowest BCUT2D eigenvalue weighted by Gasteiger charge is -2.12. The van der Waals surface area contributed by atoms with Gasteiger partial charge in [0.1, 0.15) is 5.75 Å². The molecule has 0 bridgehead atoms. The van der Waals surface area contributed by atoms with Crippen molar-refractivity contribution in [1.29, 1.82) is 0 Å². The van der Waals surface area contributed by atoms with Crippen LogP contribution >= 0.6 is 0 Å². The average molecular weight is 306 g/mol. The molecule has 0 saturated heterocycles. The fourth-order valence-corrected chi connectivity index (χ4v) is 3.27. The van der Waals surface area contributed by atoms with E-state index in [9.17, 15) is 8.42 Å². The molecule has 0 aliphatic rings. The van der Waals surface area contributed by atoms with Gasteiger partial charge in [-0.05, 0) is 43.7 Å². The third-order valence-corrected chi connectivity index (χ3v) is 4.54. The average Bonchev–Trinajstić information content (AvgIpc) is 2.42. The minimum absolute atomic E-state index is 0.171. The highest BCUT2D eigenvalue weighted by Gasteiger charge is 2.18. The normalized spacial score (nSPS) is 11.1. The van der Waals surface area contributed by atoms with E-state index >= 15 is 0 Å². The lowest BCUT2D eigenvalue weighted by atomic mass is 10.2. The summed E-state index contributed by atoms with van der Waals surface area (Å²) in [7, 11) is -3.68. The number of nitrogens with two attached hydrogens (primary N) is 1. The number of hydrogen-bond acceptors (Lipinski definition) is 4. The van der Waals surface area contributed by atoms with Gasteiger partial charge in [-0.25, -0.2) is 8.42 Å². The Balaban J connectivity index is 2.33. The molecule has 2 aromatic carbocycles. The first-order valence-electron chi connectivity index (χ1n) is 6.55. The summed E-state index contributed by atoms with van der Waals surface area (Å²) in [5, 5.41) is 0. The standard InChI is InChI=1S/C15H18N2O3S/c1-3-20-13-7-4-6-12(10-13)17-21(18,19)15-9-5-8-14(16)11(15)2/h4-10,17H,3,16H2,1-2H3. The molecule has 112 valence electrons. The second-order valence-corrected chi connectivity index (χ2v) is 6.19. The molecule has 2 aromatic rings. The van der Waals surface area contributed by atoms with E-state index in [0.717, 1.165) is 0 Å². The van der Waals surface area contributed by atoms with E-state index in [-0.39, 0.29) is 4.90 Å². The van der Waals surface area contributed by atoms with Crippen molar-refractivity contribution in [3.05, 3.63) is 48.0 Å². The molecular formula is C15H18N2O3S. The smallest absolute Gasteiger partial charge is 0.262 e. The van der Waals surface area contributed by atoms with Crippen LogP contribution in [0.15, 0.2) is 47.4 Å². The Labute approximate surface area is 124 Å². The molecule has 3 N–H and O–H groups in total. The predicted octanol–water partition coefficient (Wildman–Crippen LogP) is 2.78. The highest BCUT2D eigenvalue weighted by Crippen LogP contribution is 2.24. The zero-order valence-corrected chi connectivity index (χ0v) is 12.8. The second kappa shape index (κ2) is 6.05. The van der Waals surface area contributed by atoms with Crippen molar-refractivity contribution in [2.45, 2.75) is 18.7 Å². The molecular weight excluding hydrogens is 288 g/mol. The third-order valence-electron chi connectivity index (χ3n) is 3.01. The Morgan fingerprint density at radius 1 is 1.19 bits per heavy atom. The van der Waals surface area contributed by atoms with Crippen molar-refractivity contribution in [1.82, 2.24) is 0 Å². The van der Waals surface area contributed by atoms with Gasteiger partial charge in [0.05, 0.1) is 17.2 Å². The maximum absolute atomic E-state index is 12.4. The fourth-order valence-electron chi connectivity index (χ4n) is 1.95. The lowest BCUT2D eigenvalue weighted by Crippen LogP contribution is -2.15. The Morgan fingerprint density at radius 3 is 2.62 bits per heavy atom. The van der Waals surface area contributed by atoms with Gasteiger partial charge in [0.15, 0.2) is 0 Å². The first-order chi connectivity index (χ1) is 9.94. The van der Waals surface area contributed by atoms with Crippen LogP contribution in [0.25, 0.3) is 0 Å². The summed E-state index contributed by atoms with van der Waals surface area (Å²) in [6.07, 6.45) is 0. The molecule has 0 radical (unpaired) electrons. The van der Waals surface area contributed by atoms with Crippen molar-refractivity contribution in [3.63, 3.8) is 0 Å². The van der Waals surface area contributed by atoms with E-state index in [2.05, 4.69) is 4.72 Å². The molecule has 0 aliphatic heterocycles. The third kappa shape index (κ3) is 3.46. The molecule has 0 amide bonds. The summed E-state index contributed by atoms with van der Waals surface area (Å²) in [5.41, 5.74) is 7.19. The van der Waals surface area contributed by atoms with Crippen LogP contribution in [0.3, 0.4) is 0 Å². The van der Waals surface area contributed by atoms with Gasteiger partial charge in [-0.3, -0.25) is 4.72 Å². The zero-order valence-electron chi connectivity index (χ0n) is 12.0. The SMILES string of the molecule is CCOc1cccc(NS(=O)(=O)c2cccc(N)c2C)c1. The molecule has 0 atom stereocenters. The van der Waals surface area contributed by atoms with Gasteiger partial charge >= 0.3 is 0 Å². The molecule has 0 unspecified atom stereocenters. The second-order valence-electron chi connectivity index (χ2n) is 4.54. The molecule has 0 fully saturated rings. The number of nitrogens with one attached hydrogen (secondary N) is 1. The van der Waals surface area contributed by atoms with Gasteiger partial charge in [-0.2, -0.15) is 0 Å². The Morgan fingerprint density at radius 2 is 1.90 bits per heavy atom. The molecule has 0 saturated carbocycles. The predicted molar refractivity (Wildman–Crippen MR) is 84.0 cm³/mol. The highest BCUT2D eigenvalue weighted by molar-refractivity contribution is 7.92. The molecule has 21 heavy (non-hydrogen) atoms. The topological polar surface area (TPSA) is 81.4 Å². The summed E-state index contributed by atoms with van der Waals surface area (Å²) in [6, 6.07) is 11.6. The van der Waals surface area contributed by atoms with Crippen LogP contribution in [-0.4, -0.2) is 15.0 Å². The van der Waals surface area contributed by atoms with E-state index < -0.39 is 10.0 Å². The molecule has 0 aliphatic carbocycles. The van der Waals surface area contributed by atoms with Crippen molar-refractivity contribution < 1.29 is 13.2 Å². The van der Waals surface area contributed by atoms with Gasteiger partial charge in [0.25, 0.3) is 10.0 Å². The van der Waals surface area contributed by atoms with Gasteiger partial charge in [-0.1, -0.05) is 12.1 Å². The zero-order chi connectivity index (χ0) is 15.5. The first-order valence-corrected chi connectivity index (χ1v) is 8.03. The minimum atomic E-state index is -3.68. The fraction of sp³-hybridized carbons (Fsp3) is 0.200. The molecule has 5 nitrogen and oxygen atoms in total. The van der Waals surface area contributed by atoms with E-state index in [1.54, 1.807) is 43.3 Å². The molecule has 2 rings (SSSR count). The Bertz CT molecular complexity index is 742. The maximum Gasteiger partial charge on any atom is 0.262 e. The summed E-state index contributed by atoms with van der Waals surface area (Å²) < 4.78 is 32.8. The van der Waals surface area contributed by atoms with Gasteiger partial charge < -0.3 is 10.5 Å². The van der Waals surface area contributed by atoms with Crippen molar-refractivity contribution in [3.8, 4) is 5.75 Å². The molecule has 0 heterocycles. The molecule has 6 heteroatoms. The summed E-state index contributed by atoms with van der Waals surface area (Å²) >= 11 is 0. The Hall–Kier alpha value is -2.21. The van der Waals surface area contributed by atoms with Crippen molar-refractivity contribution >= 4 is 21.4 Å². The van der Waals surface area contributed by atoms with Crippen molar-refractivity contribution in [2.75, 3.05) is 17.1 Å². The van der Waals surface area contributed by atoms with Crippen LogP contribution in [0.2, 0.25) is 0 Å². The largest absolute Gasteiger partial charge is 0.494 e. The highest BCUT2D eigenvalue weighted by atomic mass is 32.2. The van der Waals surface area contributed by atoms with Crippen LogP contribution in [0.5, 0.6) is 5.75 Å². The Kier molecular flexibility index (Phi) is 4.37. The number of rotatable bonds is 5. The number of ether oxygens (including phenoxy) is 1. The van der Waals surface area contributed by atoms with E-state index in [1.165, 1.54) is 6.07 Å². The quantitative estimate of drug-likeness (QED) is 0.832. The number of hydrogen-bond donors (Lipinski definition) is 2. The molecule has 0 aromatic heterocycles. The van der Waals surface area contributed by atoms with Gasteiger partial charge in [0, 0.05) is 11.8 Å². The minimum Gasteiger partial charge on any atom is -0.494 e. The van der Waals surface area contributed by atoms with Crippen LogP contribution in [0.1, 0.15) is 12.5 Å². The van der Waals surface area contributed by atoms with Crippen LogP contribution in [-0.2, 0) is 10.0 Å². The summed E-state index contributed by atoms with van der Waals surface area (Å²) in [4.78, 5) is 0.171.